The molecule has 35 heavy (non-hydrogen) atoms. The third-order valence-electron chi connectivity index (χ3n) is 7.02. The summed E-state index contributed by atoms with van der Waals surface area (Å²) in [5.41, 5.74) is 10.2. The number of pyridine rings is 1. The largest absolute Gasteiger partial charge is 0.377 e. The van der Waals surface area contributed by atoms with Crippen LogP contribution in [0.15, 0.2) is 47.7 Å². The van der Waals surface area contributed by atoms with Crippen LogP contribution >= 0.6 is 0 Å². The lowest BCUT2D eigenvalue weighted by Crippen LogP contribution is -2.45. The summed E-state index contributed by atoms with van der Waals surface area (Å²) < 4.78 is 5.69. The molecule has 182 valence electrons. The van der Waals surface area contributed by atoms with E-state index >= 15 is 0 Å². The Morgan fingerprint density at radius 3 is 2.94 bits per heavy atom. The minimum atomic E-state index is 0.278. The number of hydrogen-bond donors (Lipinski definition) is 1. The number of benzene rings is 1. The number of nitrogens with one attached hydrogen (secondary N) is 1. The highest BCUT2D eigenvalue weighted by Crippen LogP contribution is 2.34. The van der Waals surface area contributed by atoms with Gasteiger partial charge in [-0.25, -0.2) is 10.4 Å². The molecule has 1 N–H and O–H groups in total. The molecule has 2 aromatic heterocycles. The molecule has 3 aromatic rings. The van der Waals surface area contributed by atoms with Gasteiger partial charge in [-0.2, -0.15) is 10.1 Å². The van der Waals surface area contributed by atoms with Crippen LogP contribution < -0.4 is 10.3 Å². The van der Waals surface area contributed by atoms with E-state index in [-0.39, 0.29) is 6.04 Å². The zero-order valence-corrected chi connectivity index (χ0v) is 20.9. The van der Waals surface area contributed by atoms with Crippen molar-refractivity contribution >= 4 is 18.0 Å². The van der Waals surface area contributed by atoms with Gasteiger partial charge >= 0.3 is 0 Å². The molecule has 0 amide bonds. The lowest BCUT2D eigenvalue weighted by atomic mass is 9.83. The number of anilines is 2. The van der Waals surface area contributed by atoms with Gasteiger partial charge in [-0.15, -0.1) is 0 Å². The Bertz CT molecular complexity index is 1210. The monoisotopic (exact) mass is 470 g/mol. The maximum atomic E-state index is 5.69. The predicted molar refractivity (Wildman–Crippen MR) is 140 cm³/mol. The van der Waals surface area contributed by atoms with Crippen LogP contribution in [0.3, 0.4) is 0 Å². The molecule has 0 saturated carbocycles. The van der Waals surface area contributed by atoms with Crippen LogP contribution in [0.2, 0.25) is 0 Å². The van der Waals surface area contributed by atoms with Crippen LogP contribution in [0.1, 0.15) is 47.0 Å². The molecule has 0 spiro atoms. The van der Waals surface area contributed by atoms with Gasteiger partial charge in [-0.05, 0) is 69.6 Å². The summed E-state index contributed by atoms with van der Waals surface area (Å²) in [5.74, 6) is 2.10. The number of aryl methyl sites for hydroxylation is 2. The Morgan fingerprint density at radius 1 is 1.20 bits per heavy atom. The fraction of sp³-hybridized carbons (Fsp3) is 0.429. The highest BCUT2D eigenvalue weighted by Gasteiger charge is 2.29. The van der Waals surface area contributed by atoms with Crippen LogP contribution in [0.5, 0.6) is 0 Å². The molecule has 0 bridgehead atoms. The molecular weight excluding hydrogens is 436 g/mol. The van der Waals surface area contributed by atoms with Crippen molar-refractivity contribution in [3.8, 4) is 0 Å². The summed E-state index contributed by atoms with van der Waals surface area (Å²) in [6.07, 6.45) is 7.73. The van der Waals surface area contributed by atoms with Gasteiger partial charge in [0.2, 0.25) is 5.95 Å². The average Bonchev–Trinajstić information content (AvgIpc) is 2.85. The number of hydrazone groups is 1. The second-order valence-electron chi connectivity index (χ2n) is 9.78. The van der Waals surface area contributed by atoms with Gasteiger partial charge in [-0.1, -0.05) is 35.9 Å². The summed E-state index contributed by atoms with van der Waals surface area (Å²) in [4.78, 5) is 16.9. The third kappa shape index (κ3) is 5.51. The molecule has 1 aliphatic heterocycles. The molecule has 1 aromatic carbocycles. The third-order valence-corrected chi connectivity index (χ3v) is 7.02. The fourth-order valence-electron chi connectivity index (χ4n) is 5.09. The zero-order chi connectivity index (χ0) is 24.2. The van der Waals surface area contributed by atoms with Gasteiger partial charge < -0.3 is 9.64 Å². The fourth-order valence-corrected chi connectivity index (χ4v) is 5.09. The van der Waals surface area contributed by atoms with Gasteiger partial charge in [0.05, 0.1) is 31.2 Å². The van der Waals surface area contributed by atoms with E-state index in [0.717, 1.165) is 55.9 Å². The van der Waals surface area contributed by atoms with Gasteiger partial charge in [-0.3, -0.25) is 4.98 Å². The topological polar surface area (TPSA) is 75.5 Å². The van der Waals surface area contributed by atoms with Crippen LogP contribution in [-0.4, -0.2) is 47.0 Å². The minimum Gasteiger partial charge on any atom is -0.377 e. The van der Waals surface area contributed by atoms with Crippen molar-refractivity contribution in [1.29, 1.82) is 0 Å². The lowest BCUT2D eigenvalue weighted by Gasteiger charge is -2.37. The first-order chi connectivity index (χ1) is 17.1. The number of morpholine rings is 1. The highest BCUT2D eigenvalue weighted by molar-refractivity contribution is 5.80. The number of hydrogen-bond acceptors (Lipinski definition) is 7. The molecule has 0 radical (unpaired) electrons. The molecule has 2 aliphatic rings. The number of ether oxygens (including phenoxy) is 1. The molecule has 7 nitrogen and oxygen atoms in total. The van der Waals surface area contributed by atoms with E-state index in [1.54, 1.807) is 0 Å². The molecule has 1 fully saturated rings. The van der Waals surface area contributed by atoms with Gasteiger partial charge in [0, 0.05) is 24.0 Å². The van der Waals surface area contributed by atoms with E-state index in [0.29, 0.717) is 18.5 Å². The van der Waals surface area contributed by atoms with E-state index in [4.69, 9.17) is 14.7 Å². The molecule has 7 heteroatoms. The SMILES string of the molecule is Cc1cccc(/C=N/Nc2nc3c(c(N4CCOC[C@H]4C)n2)CCC(Cc2ncccc2C)C3)c1. The highest BCUT2D eigenvalue weighted by atomic mass is 16.5. The standard InChI is InChI=1S/C28H34N6O/c1-19-6-4-8-23(14-19)17-30-33-28-31-26-16-22(15-25-20(2)7-5-11-29-25)9-10-24(26)27(32-28)34-12-13-35-18-21(34)3/h4-8,11,14,17,21-22H,9-10,12-13,15-16,18H2,1-3H3,(H,31,32,33)/b30-17+/t21-,22?/m1/s1. The Kier molecular flexibility index (Phi) is 7.04. The van der Waals surface area contributed by atoms with Crippen LogP contribution in [-0.2, 0) is 24.0 Å². The van der Waals surface area contributed by atoms with Crippen molar-refractivity contribution < 1.29 is 4.74 Å². The van der Waals surface area contributed by atoms with Crippen molar-refractivity contribution in [2.45, 2.75) is 52.5 Å². The Morgan fingerprint density at radius 2 is 2.11 bits per heavy atom. The lowest BCUT2D eigenvalue weighted by molar-refractivity contribution is 0.0984. The zero-order valence-electron chi connectivity index (χ0n) is 20.9. The van der Waals surface area contributed by atoms with Gasteiger partial charge in [0.25, 0.3) is 0 Å². The van der Waals surface area contributed by atoms with E-state index < -0.39 is 0 Å². The molecular formula is C28H34N6O. The Balaban J connectivity index is 1.42. The first-order valence-corrected chi connectivity index (χ1v) is 12.6. The van der Waals surface area contributed by atoms with Crippen molar-refractivity contribution in [3.63, 3.8) is 0 Å². The Labute approximate surface area is 207 Å². The molecule has 1 aliphatic carbocycles. The van der Waals surface area contributed by atoms with E-state index in [1.165, 1.54) is 22.4 Å². The number of aromatic nitrogens is 3. The number of rotatable bonds is 6. The minimum absolute atomic E-state index is 0.278. The predicted octanol–water partition coefficient (Wildman–Crippen LogP) is 4.51. The normalized spacial score (nSPS) is 20.1. The second kappa shape index (κ2) is 10.5. The summed E-state index contributed by atoms with van der Waals surface area (Å²) >= 11 is 0. The van der Waals surface area contributed by atoms with Gasteiger partial charge in [0.1, 0.15) is 5.82 Å². The Hall–Kier alpha value is -3.32. The maximum absolute atomic E-state index is 5.69. The van der Waals surface area contributed by atoms with Crippen molar-refractivity contribution in [2.75, 3.05) is 30.1 Å². The smallest absolute Gasteiger partial charge is 0.245 e. The van der Waals surface area contributed by atoms with E-state index in [2.05, 4.69) is 59.4 Å². The van der Waals surface area contributed by atoms with Crippen LogP contribution in [0.25, 0.3) is 0 Å². The first-order valence-electron chi connectivity index (χ1n) is 12.6. The molecule has 1 saturated heterocycles. The summed E-state index contributed by atoms with van der Waals surface area (Å²) in [6.45, 7) is 8.70. The summed E-state index contributed by atoms with van der Waals surface area (Å²) in [6, 6.07) is 12.7. The van der Waals surface area contributed by atoms with Crippen molar-refractivity contribution in [2.24, 2.45) is 11.0 Å². The molecule has 2 atom stereocenters. The van der Waals surface area contributed by atoms with Crippen LogP contribution in [0.4, 0.5) is 11.8 Å². The van der Waals surface area contributed by atoms with Crippen molar-refractivity contribution in [3.05, 3.63) is 76.2 Å². The van der Waals surface area contributed by atoms with E-state index in [1.807, 2.05) is 30.6 Å². The first kappa shape index (κ1) is 23.4. The maximum Gasteiger partial charge on any atom is 0.245 e. The second-order valence-corrected chi connectivity index (χ2v) is 9.78. The molecule has 3 heterocycles. The van der Waals surface area contributed by atoms with Crippen LogP contribution in [0, 0.1) is 19.8 Å². The quantitative estimate of drug-likeness (QED) is 0.422. The summed E-state index contributed by atoms with van der Waals surface area (Å²) in [7, 11) is 0. The number of fused-ring (bicyclic) bond motifs is 1. The molecule has 5 rings (SSSR count). The van der Waals surface area contributed by atoms with E-state index in [9.17, 15) is 0 Å². The average molecular weight is 471 g/mol. The summed E-state index contributed by atoms with van der Waals surface area (Å²) in [5, 5.41) is 4.45. The van der Waals surface area contributed by atoms with Crippen molar-refractivity contribution in [1.82, 2.24) is 15.0 Å². The molecule has 1 unspecified atom stereocenters. The van der Waals surface area contributed by atoms with Gasteiger partial charge in [0.15, 0.2) is 0 Å². The number of nitrogens with zero attached hydrogens (tertiary/aromatic N) is 5.